The highest BCUT2D eigenvalue weighted by atomic mass is 19.2. The minimum absolute atomic E-state index is 0.0267. The molecule has 2 rings (SSSR count). The van der Waals surface area contributed by atoms with Crippen LogP contribution in [0, 0.1) is 17.6 Å². The predicted molar refractivity (Wildman–Crippen MR) is 71.0 cm³/mol. The second-order valence-electron chi connectivity index (χ2n) is 5.12. The molecule has 19 heavy (non-hydrogen) atoms. The van der Waals surface area contributed by atoms with Gasteiger partial charge in [-0.15, -0.1) is 0 Å². The van der Waals surface area contributed by atoms with E-state index in [9.17, 15) is 8.78 Å². The summed E-state index contributed by atoms with van der Waals surface area (Å²) in [5.74, 6) is -0.977. The van der Waals surface area contributed by atoms with Gasteiger partial charge in [-0.3, -0.25) is 0 Å². The van der Waals surface area contributed by atoms with Crippen LogP contribution in [0.1, 0.15) is 25.3 Å². The van der Waals surface area contributed by atoms with Crippen LogP contribution >= 0.6 is 0 Å². The van der Waals surface area contributed by atoms with Gasteiger partial charge in [-0.1, -0.05) is 19.1 Å². The second-order valence-corrected chi connectivity index (χ2v) is 5.12. The highest BCUT2D eigenvalue weighted by Gasteiger charge is 2.36. The van der Waals surface area contributed by atoms with Gasteiger partial charge in [0.25, 0.3) is 0 Å². The Morgan fingerprint density at radius 1 is 1.37 bits per heavy atom. The molecule has 0 radical (unpaired) electrons. The molecule has 2 atom stereocenters. The van der Waals surface area contributed by atoms with Crippen LogP contribution in [0.15, 0.2) is 18.2 Å². The van der Waals surface area contributed by atoms with Gasteiger partial charge in [0.2, 0.25) is 0 Å². The number of ether oxygens (including phenoxy) is 1. The first-order valence-corrected chi connectivity index (χ1v) is 6.86. The van der Waals surface area contributed by atoms with Crippen LogP contribution in [-0.2, 0) is 11.2 Å². The average Bonchev–Trinajstić information content (AvgIpc) is 3.20. The van der Waals surface area contributed by atoms with E-state index in [1.165, 1.54) is 0 Å². The van der Waals surface area contributed by atoms with Crippen molar-refractivity contribution in [3.8, 4) is 0 Å². The summed E-state index contributed by atoms with van der Waals surface area (Å²) in [5, 5.41) is 3.34. The molecule has 1 aromatic rings. The van der Waals surface area contributed by atoms with E-state index >= 15 is 0 Å². The van der Waals surface area contributed by atoms with Crippen LogP contribution in [0.25, 0.3) is 0 Å². The SMILES string of the molecule is CCNC(Cc1cccc(F)c1F)C(OC)C1CC1. The molecule has 0 spiro atoms. The third kappa shape index (κ3) is 3.51. The predicted octanol–water partition coefficient (Wildman–Crippen LogP) is 2.91. The molecule has 0 amide bonds. The molecule has 0 aromatic heterocycles. The van der Waals surface area contributed by atoms with Crippen molar-refractivity contribution in [2.75, 3.05) is 13.7 Å². The molecule has 0 aliphatic heterocycles. The van der Waals surface area contributed by atoms with Crippen molar-refractivity contribution in [3.05, 3.63) is 35.4 Å². The van der Waals surface area contributed by atoms with Crippen LogP contribution in [0.4, 0.5) is 8.78 Å². The molecule has 1 aromatic carbocycles. The van der Waals surface area contributed by atoms with E-state index in [1.54, 1.807) is 19.2 Å². The molecule has 1 fully saturated rings. The molecular weight excluding hydrogens is 248 g/mol. The van der Waals surface area contributed by atoms with Gasteiger partial charge in [0.15, 0.2) is 11.6 Å². The lowest BCUT2D eigenvalue weighted by Crippen LogP contribution is -2.44. The Kier molecular flexibility index (Phi) is 4.88. The molecule has 106 valence electrons. The van der Waals surface area contributed by atoms with E-state index in [0.717, 1.165) is 25.5 Å². The van der Waals surface area contributed by atoms with Gasteiger partial charge in [-0.2, -0.15) is 0 Å². The Morgan fingerprint density at radius 2 is 2.11 bits per heavy atom. The first-order valence-electron chi connectivity index (χ1n) is 6.86. The fourth-order valence-electron chi connectivity index (χ4n) is 2.62. The summed E-state index contributed by atoms with van der Waals surface area (Å²) < 4.78 is 32.5. The average molecular weight is 269 g/mol. The molecule has 1 N–H and O–H groups in total. The maximum absolute atomic E-state index is 13.7. The number of hydrogen-bond donors (Lipinski definition) is 1. The van der Waals surface area contributed by atoms with E-state index in [0.29, 0.717) is 17.9 Å². The van der Waals surface area contributed by atoms with Crippen LogP contribution in [0.2, 0.25) is 0 Å². The number of benzene rings is 1. The van der Waals surface area contributed by atoms with Crippen molar-refractivity contribution >= 4 is 0 Å². The third-order valence-corrected chi connectivity index (χ3v) is 3.69. The number of methoxy groups -OCH3 is 1. The Labute approximate surface area is 113 Å². The summed E-state index contributed by atoms with van der Waals surface area (Å²) in [6.45, 7) is 2.79. The van der Waals surface area contributed by atoms with Gasteiger partial charge in [-0.05, 0) is 43.4 Å². The maximum atomic E-state index is 13.7. The van der Waals surface area contributed by atoms with E-state index in [-0.39, 0.29) is 12.1 Å². The van der Waals surface area contributed by atoms with Crippen molar-refractivity contribution < 1.29 is 13.5 Å². The Morgan fingerprint density at radius 3 is 2.68 bits per heavy atom. The zero-order valence-electron chi connectivity index (χ0n) is 11.5. The lowest BCUT2D eigenvalue weighted by molar-refractivity contribution is 0.0513. The first-order chi connectivity index (χ1) is 9.17. The van der Waals surface area contributed by atoms with E-state index < -0.39 is 11.6 Å². The first kappa shape index (κ1) is 14.4. The molecule has 1 saturated carbocycles. The Hall–Kier alpha value is -1.00. The highest BCUT2D eigenvalue weighted by Crippen LogP contribution is 2.36. The van der Waals surface area contributed by atoms with Gasteiger partial charge < -0.3 is 10.1 Å². The summed E-state index contributed by atoms with van der Waals surface area (Å²) in [6.07, 6.45) is 2.84. The van der Waals surface area contributed by atoms with Crippen LogP contribution in [0.3, 0.4) is 0 Å². The third-order valence-electron chi connectivity index (χ3n) is 3.69. The second kappa shape index (κ2) is 6.44. The summed E-state index contributed by atoms with van der Waals surface area (Å²) >= 11 is 0. The molecule has 0 saturated heterocycles. The summed E-state index contributed by atoms with van der Waals surface area (Å²) in [7, 11) is 1.69. The summed E-state index contributed by atoms with van der Waals surface area (Å²) in [6, 6.07) is 4.37. The normalized spacial score (nSPS) is 18.3. The smallest absolute Gasteiger partial charge is 0.162 e. The van der Waals surface area contributed by atoms with Crippen LogP contribution < -0.4 is 5.32 Å². The molecule has 2 unspecified atom stereocenters. The number of nitrogens with one attached hydrogen (secondary N) is 1. The van der Waals surface area contributed by atoms with Crippen molar-refractivity contribution in [3.63, 3.8) is 0 Å². The van der Waals surface area contributed by atoms with Crippen molar-refractivity contribution in [2.24, 2.45) is 5.92 Å². The lowest BCUT2D eigenvalue weighted by atomic mass is 9.97. The highest BCUT2D eigenvalue weighted by molar-refractivity contribution is 5.20. The van der Waals surface area contributed by atoms with Gasteiger partial charge in [-0.25, -0.2) is 8.78 Å². The molecule has 0 heterocycles. The minimum atomic E-state index is -0.784. The quantitative estimate of drug-likeness (QED) is 0.822. The largest absolute Gasteiger partial charge is 0.380 e. The minimum Gasteiger partial charge on any atom is -0.380 e. The van der Waals surface area contributed by atoms with E-state index in [2.05, 4.69) is 5.32 Å². The zero-order valence-corrected chi connectivity index (χ0v) is 11.5. The summed E-state index contributed by atoms with van der Waals surface area (Å²) in [4.78, 5) is 0. The standard InChI is InChI=1S/C15H21F2NO/c1-3-18-13(15(19-2)10-7-8-10)9-11-5-4-6-12(16)14(11)17/h4-6,10,13,15,18H,3,7-9H2,1-2H3. The van der Waals surface area contributed by atoms with Gasteiger partial charge >= 0.3 is 0 Å². The molecular formula is C15H21F2NO. The van der Waals surface area contributed by atoms with E-state index in [4.69, 9.17) is 4.74 Å². The molecule has 1 aliphatic rings. The Balaban J connectivity index is 2.13. The van der Waals surface area contributed by atoms with Crippen molar-refractivity contribution in [2.45, 2.75) is 38.3 Å². The number of hydrogen-bond acceptors (Lipinski definition) is 2. The Bertz CT molecular complexity index is 421. The maximum Gasteiger partial charge on any atom is 0.162 e. The molecule has 4 heteroatoms. The number of rotatable bonds is 7. The number of likely N-dealkylation sites (N-methyl/N-ethyl adjacent to an activating group) is 1. The number of halogens is 2. The zero-order chi connectivity index (χ0) is 13.8. The van der Waals surface area contributed by atoms with Gasteiger partial charge in [0.1, 0.15) is 0 Å². The van der Waals surface area contributed by atoms with Crippen LogP contribution in [-0.4, -0.2) is 25.8 Å². The topological polar surface area (TPSA) is 21.3 Å². The fourth-order valence-corrected chi connectivity index (χ4v) is 2.62. The van der Waals surface area contributed by atoms with Crippen LogP contribution in [0.5, 0.6) is 0 Å². The lowest BCUT2D eigenvalue weighted by Gasteiger charge is -2.27. The molecule has 2 nitrogen and oxygen atoms in total. The molecule has 1 aliphatic carbocycles. The van der Waals surface area contributed by atoms with Gasteiger partial charge in [0.05, 0.1) is 6.10 Å². The monoisotopic (exact) mass is 269 g/mol. The van der Waals surface area contributed by atoms with E-state index in [1.807, 2.05) is 6.92 Å². The van der Waals surface area contributed by atoms with Gasteiger partial charge in [0, 0.05) is 13.2 Å². The summed E-state index contributed by atoms with van der Waals surface area (Å²) in [5.41, 5.74) is 0.411. The van der Waals surface area contributed by atoms with Crippen molar-refractivity contribution in [1.82, 2.24) is 5.32 Å². The fraction of sp³-hybridized carbons (Fsp3) is 0.600. The molecule has 0 bridgehead atoms. The van der Waals surface area contributed by atoms with Crippen molar-refractivity contribution in [1.29, 1.82) is 0 Å².